The smallest absolute Gasteiger partial charge is 0.416 e. The third-order valence-electron chi connectivity index (χ3n) is 4.20. The summed E-state index contributed by atoms with van der Waals surface area (Å²) < 4.78 is 77.2. The molecule has 1 aromatic carbocycles. The van der Waals surface area contributed by atoms with E-state index in [0.717, 1.165) is 4.90 Å². The monoisotopic (exact) mass is 383 g/mol. The summed E-state index contributed by atoms with van der Waals surface area (Å²) in [5.41, 5.74) is -3.78. The summed E-state index contributed by atoms with van der Waals surface area (Å²) in [6.45, 7) is 0.156. The lowest BCUT2D eigenvalue weighted by Gasteiger charge is -2.31. The predicted octanol–water partition coefficient (Wildman–Crippen LogP) is 4.05. The maximum absolute atomic E-state index is 12.9. The highest BCUT2D eigenvalue weighted by Crippen LogP contribution is 2.36. The number of likely N-dealkylation sites (tertiary alicyclic amines) is 1. The van der Waals surface area contributed by atoms with Gasteiger partial charge in [-0.2, -0.15) is 26.3 Å². The van der Waals surface area contributed by atoms with Crippen LogP contribution >= 0.6 is 0 Å². The molecule has 4 nitrogen and oxygen atoms in total. The number of piperidine rings is 1. The Kier molecular flexibility index (Phi) is 5.52. The Bertz CT molecular complexity index is 658. The molecule has 0 spiro atoms. The number of carboxylic acid groups (broad SMARTS) is 1. The van der Waals surface area contributed by atoms with Gasteiger partial charge in [0.1, 0.15) is 0 Å². The highest BCUT2D eigenvalue weighted by atomic mass is 19.4. The van der Waals surface area contributed by atoms with Crippen LogP contribution in [0.1, 0.15) is 40.7 Å². The minimum Gasteiger partial charge on any atom is -0.481 e. The maximum atomic E-state index is 12.9. The van der Waals surface area contributed by atoms with Crippen molar-refractivity contribution in [2.24, 2.45) is 5.92 Å². The number of rotatable bonds is 3. The molecule has 1 saturated heterocycles. The molecule has 1 heterocycles. The summed E-state index contributed by atoms with van der Waals surface area (Å²) in [7, 11) is 0. The van der Waals surface area contributed by atoms with Gasteiger partial charge in [0.05, 0.1) is 11.1 Å². The molecular formula is C16H15F6NO3. The number of alkyl halides is 6. The lowest BCUT2D eigenvalue weighted by Crippen LogP contribution is -2.39. The maximum Gasteiger partial charge on any atom is 0.416 e. The fraction of sp³-hybridized carbons (Fsp3) is 0.500. The lowest BCUT2D eigenvalue weighted by molar-refractivity contribution is -0.143. The third kappa shape index (κ3) is 4.89. The molecule has 1 aliphatic rings. The fourth-order valence-corrected chi connectivity index (χ4v) is 2.85. The van der Waals surface area contributed by atoms with Crippen LogP contribution in [-0.4, -0.2) is 35.0 Å². The Morgan fingerprint density at radius 3 is 1.81 bits per heavy atom. The van der Waals surface area contributed by atoms with Gasteiger partial charge >= 0.3 is 18.3 Å². The quantitative estimate of drug-likeness (QED) is 0.802. The van der Waals surface area contributed by atoms with Gasteiger partial charge in [0.25, 0.3) is 5.91 Å². The van der Waals surface area contributed by atoms with Crippen LogP contribution < -0.4 is 0 Å². The average Bonchev–Trinajstić information content (AvgIpc) is 2.52. The molecule has 0 aliphatic carbocycles. The Morgan fingerprint density at radius 1 is 0.962 bits per heavy atom. The van der Waals surface area contributed by atoms with Crippen LogP contribution in [0.3, 0.4) is 0 Å². The van der Waals surface area contributed by atoms with Crippen molar-refractivity contribution in [3.63, 3.8) is 0 Å². The first-order chi connectivity index (χ1) is 11.9. The summed E-state index contributed by atoms with van der Waals surface area (Å²) >= 11 is 0. The standard InChI is InChI=1S/C16H15F6NO3/c17-15(18,19)11-6-10(7-12(8-11)16(20,21)22)14(26)23-3-1-9(2-4-23)5-13(24)25/h6-9H,1-5H2,(H,24,25). The Labute approximate surface area is 144 Å². The van der Waals surface area contributed by atoms with E-state index in [9.17, 15) is 35.9 Å². The number of hydrogen-bond donors (Lipinski definition) is 1. The third-order valence-corrected chi connectivity index (χ3v) is 4.20. The first kappa shape index (κ1) is 20.1. The number of nitrogens with zero attached hydrogens (tertiary/aromatic N) is 1. The molecule has 0 bridgehead atoms. The van der Waals surface area contributed by atoms with Crippen LogP contribution in [0, 0.1) is 5.92 Å². The molecule has 1 aliphatic heterocycles. The second-order valence-corrected chi connectivity index (χ2v) is 6.13. The molecule has 1 aromatic rings. The van der Waals surface area contributed by atoms with Crippen molar-refractivity contribution < 1.29 is 41.0 Å². The largest absolute Gasteiger partial charge is 0.481 e. The van der Waals surface area contributed by atoms with E-state index in [-0.39, 0.29) is 31.5 Å². The number of halogens is 6. The molecule has 1 N–H and O–H groups in total. The number of carboxylic acids is 1. The molecule has 0 unspecified atom stereocenters. The lowest BCUT2D eigenvalue weighted by atomic mass is 9.93. The number of aliphatic carboxylic acids is 1. The summed E-state index contributed by atoms with van der Waals surface area (Å²) in [6.07, 6.45) is -9.49. The van der Waals surface area contributed by atoms with Crippen LogP contribution in [0.5, 0.6) is 0 Å². The van der Waals surface area contributed by atoms with Crippen molar-refractivity contribution in [1.82, 2.24) is 4.90 Å². The fourth-order valence-electron chi connectivity index (χ4n) is 2.85. The first-order valence-corrected chi connectivity index (χ1v) is 7.68. The highest BCUT2D eigenvalue weighted by molar-refractivity contribution is 5.94. The van der Waals surface area contributed by atoms with Gasteiger partial charge in [-0.1, -0.05) is 0 Å². The topological polar surface area (TPSA) is 57.6 Å². The summed E-state index contributed by atoms with van der Waals surface area (Å²) in [5, 5.41) is 8.74. The number of benzene rings is 1. The van der Waals surface area contributed by atoms with Crippen molar-refractivity contribution in [2.45, 2.75) is 31.6 Å². The number of amides is 1. The van der Waals surface area contributed by atoms with Crippen LogP contribution in [0.2, 0.25) is 0 Å². The van der Waals surface area contributed by atoms with Crippen molar-refractivity contribution in [3.8, 4) is 0 Å². The van der Waals surface area contributed by atoms with Crippen molar-refractivity contribution in [2.75, 3.05) is 13.1 Å². The van der Waals surface area contributed by atoms with E-state index in [4.69, 9.17) is 5.11 Å². The van der Waals surface area contributed by atoms with Gasteiger partial charge in [0, 0.05) is 25.1 Å². The van der Waals surface area contributed by atoms with Gasteiger partial charge < -0.3 is 10.0 Å². The van der Waals surface area contributed by atoms with Crippen LogP contribution in [0.25, 0.3) is 0 Å². The highest BCUT2D eigenvalue weighted by Gasteiger charge is 2.38. The Hall–Kier alpha value is -2.26. The second-order valence-electron chi connectivity index (χ2n) is 6.13. The number of carbonyl (C=O) groups is 2. The molecular weight excluding hydrogens is 368 g/mol. The minimum atomic E-state index is -5.02. The SMILES string of the molecule is O=C(O)CC1CCN(C(=O)c2cc(C(F)(F)F)cc(C(F)(F)F)c2)CC1. The van der Waals surface area contributed by atoms with Crippen LogP contribution in [0.15, 0.2) is 18.2 Å². The van der Waals surface area contributed by atoms with E-state index < -0.39 is 40.9 Å². The Balaban J connectivity index is 2.25. The van der Waals surface area contributed by atoms with Crippen molar-refractivity contribution in [3.05, 3.63) is 34.9 Å². The molecule has 0 atom stereocenters. The molecule has 26 heavy (non-hydrogen) atoms. The summed E-state index contributed by atoms with van der Waals surface area (Å²) in [5.74, 6) is -2.11. The zero-order chi connectivity index (χ0) is 19.7. The van der Waals surface area contributed by atoms with Gasteiger partial charge in [-0.25, -0.2) is 0 Å². The average molecular weight is 383 g/mol. The van der Waals surface area contributed by atoms with E-state index in [1.165, 1.54) is 0 Å². The van der Waals surface area contributed by atoms with Gasteiger partial charge in [-0.15, -0.1) is 0 Å². The zero-order valence-electron chi connectivity index (χ0n) is 13.3. The number of carbonyl (C=O) groups excluding carboxylic acids is 1. The van der Waals surface area contributed by atoms with Crippen LogP contribution in [-0.2, 0) is 17.1 Å². The molecule has 0 saturated carbocycles. The first-order valence-electron chi connectivity index (χ1n) is 7.68. The van der Waals surface area contributed by atoms with E-state index in [2.05, 4.69) is 0 Å². The summed E-state index contributed by atoms with van der Waals surface area (Å²) in [4.78, 5) is 24.2. The van der Waals surface area contributed by atoms with Gasteiger partial charge in [0.15, 0.2) is 0 Å². The molecule has 144 valence electrons. The van der Waals surface area contributed by atoms with Crippen molar-refractivity contribution >= 4 is 11.9 Å². The van der Waals surface area contributed by atoms with E-state index in [0.29, 0.717) is 25.0 Å². The number of hydrogen-bond acceptors (Lipinski definition) is 2. The normalized spacial score (nSPS) is 16.6. The zero-order valence-corrected chi connectivity index (χ0v) is 13.3. The van der Waals surface area contributed by atoms with E-state index in [1.54, 1.807) is 0 Å². The molecule has 0 radical (unpaired) electrons. The van der Waals surface area contributed by atoms with Crippen molar-refractivity contribution in [1.29, 1.82) is 0 Å². The van der Waals surface area contributed by atoms with Crippen LogP contribution in [0.4, 0.5) is 26.3 Å². The molecule has 10 heteroatoms. The summed E-state index contributed by atoms with van der Waals surface area (Å²) in [6, 6.07) is 0.775. The van der Waals surface area contributed by atoms with E-state index in [1.807, 2.05) is 0 Å². The Morgan fingerprint density at radius 2 is 1.42 bits per heavy atom. The molecule has 1 amide bonds. The minimum absolute atomic E-state index is 0.0319. The molecule has 1 fully saturated rings. The van der Waals surface area contributed by atoms with Gasteiger partial charge in [-0.05, 0) is 37.0 Å². The van der Waals surface area contributed by atoms with E-state index >= 15 is 0 Å². The van der Waals surface area contributed by atoms with Gasteiger partial charge in [0.2, 0.25) is 0 Å². The molecule has 2 rings (SSSR count). The van der Waals surface area contributed by atoms with Gasteiger partial charge in [-0.3, -0.25) is 9.59 Å². The predicted molar refractivity (Wildman–Crippen MR) is 77.3 cm³/mol. The second kappa shape index (κ2) is 7.16. The molecule has 0 aromatic heterocycles.